The summed E-state index contributed by atoms with van der Waals surface area (Å²) in [5.74, 6) is 0.263. The molecule has 1 amide bonds. The van der Waals surface area contributed by atoms with Crippen molar-refractivity contribution in [1.29, 1.82) is 0 Å². The van der Waals surface area contributed by atoms with E-state index in [0.29, 0.717) is 13.0 Å². The summed E-state index contributed by atoms with van der Waals surface area (Å²) in [7, 11) is 0. The maximum atomic E-state index is 11.3. The normalized spacial score (nSPS) is 10.1. The average Bonchev–Trinajstić information content (AvgIpc) is 2.47. The monoisotopic (exact) mass is 270 g/mol. The zero-order valence-electron chi connectivity index (χ0n) is 11.4. The van der Waals surface area contributed by atoms with E-state index in [0.717, 1.165) is 16.9 Å². The number of amides is 1. The van der Waals surface area contributed by atoms with Crippen molar-refractivity contribution in [3.63, 3.8) is 0 Å². The van der Waals surface area contributed by atoms with Gasteiger partial charge in [0.15, 0.2) is 0 Å². The number of phenolic OH excluding ortho intramolecular Hbond substituents is 1. The molecule has 0 fully saturated rings. The van der Waals surface area contributed by atoms with Crippen molar-refractivity contribution in [3.8, 4) is 5.75 Å². The molecule has 104 valence electrons. The molecular formula is C16H18N2O2. The number of carbonyl (C=O) groups is 1. The second-order valence-electron chi connectivity index (χ2n) is 4.50. The Balaban J connectivity index is 1.97. The first-order valence-corrected chi connectivity index (χ1v) is 6.59. The zero-order valence-corrected chi connectivity index (χ0v) is 11.4. The van der Waals surface area contributed by atoms with Crippen LogP contribution in [0, 0.1) is 0 Å². The molecule has 2 aromatic rings. The maximum Gasteiger partial charge on any atom is 0.224 e. The third kappa shape index (κ3) is 4.02. The van der Waals surface area contributed by atoms with Gasteiger partial charge in [0.25, 0.3) is 0 Å². The molecular weight excluding hydrogens is 252 g/mol. The molecule has 0 atom stereocenters. The number of hydrogen-bond donors (Lipinski definition) is 3. The lowest BCUT2D eigenvalue weighted by Gasteiger charge is -2.09. The highest BCUT2D eigenvalue weighted by Crippen LogP contribution is 2.17. The Labute approximate surface area is 118 Å². The van der Waals surface area contributed by atoms with Crippen molar-refractivity contribution < 1.29 is 9.90 Å². The van der Waals surface area contributed by atoms with E-state index < -0.39 is 0 Å². The standard InChI is InChI=1S/C16H18N2O2/c1-2-16(20)18-14-5-3-4-13(10-14)17-11-12-6-8-15(19)9-7-12/h3-10,17,19H,2,11H2,1H3,(H,18,20). The van der Waals surface area contributed by atoms with Gasteiger partial charge >= 0.3 is 0 Å². The number of rotatable bonds is 5. The van der Waals surface area contributed by atoms with Crippen LogP contribution >= 0.6 is 0 Å². The second kappa shape index (κ2) is 6.61. The highest BCUT2D eigenvalue weighted by Gasteiger charge is 2.00. The number of nitrogens with one attached hydrogen (secondary N) is 2. The summed E-state index contributed by atoms with van der Waals surface area (Å²) in [6, 6.07) is 14.7. The fraction of sp³-hybridized carbons (Fsp3) is 0.188. The largest absolute Gasteiger partial charge is 0.508 e. The van der Waals surface area contributed by atoms with Gasteiger partial charge in [0.2, 0.25) is 5.91 Å². The Hall–Kier alpha value is -2.49. The van der Waals surface area contributed by atoms with Crippen LogP contribution < -0.4 is 10.6 Å². The van der Waals surface area contributed by atoms with Crippen LogP contribution in [0.25, 0.3) is 0 Å². The first-order valence-electron chi connectivity index (χ1n) is 6.59. The van der Waals surface area contributed by atoms with E-state index in [9.17, 15) is 9.90 Å². The lowest BCUT2D eigenvalue weighted by atomic mass is 10.2. The summed E-state index contributed by atoms with van der Waals surface area (Å²) in [5, 5.41) is 15.3. The summed E-state index contributed by atoms with van der Waals surface area (Å²) in [6.45, 7) is 2.48. The van der Waals surface area contributed by atoms with Crippen molar-refractivity contribution in [2.24, 2.45) is 0 Å². The molecule has 0 spiro atoms. The molecule has 0 heterocycles. The molecule has 2 aromatic carbocycles. The molecule has 0 radical (unpaired) electrons. The van der Waals surface area contributed by atoms with Gasteiger partial charge in [0.05, 0.1) is 0 Å². The van der Waals surface area contributed by atoms with Gasteiger partial charge in [-0.1, -0.05) is 25.1 Å². The van der Waals surface area contributed by atoms with Crippen LogP contribution in [0.4, 0.5) is 11.4 Å². The van der Waals surface area contributed by atoms with Crippen molar-refractivity contribution in [2.45, 2.75) is 19.9 Å². The van der Waals surface area contributed by atoms with E-state index in [1.807, 2.05) is 43.3 Å². The SMILES string of the molecule is CCC(=O)Nc1cccc(NCc2ccc(O)cc2)c1. The first kappa shape index (κ1) is 13.9. The topological polar surface area (TPSA) is 61.4 Å². The van der Waals surface area contributed by atoms with Gasteiger partial charge < -0.3 is 15.7 Å². The van der Waals surface area contributed by atoms with Crippen LogP contribution in [0.3, 0.4) is 0 Å². The third-order valence-electron chi connectivity index (χ3n) is 2.90. The zero-order chi connectivity index (χ0) is 14.4. The maximum absolute atomic E-state index is 11.3. The summed E-state index contributed by atoms with van der Waals surface area (Å²) in [6.07, 6.45) is 0.463. The Morgan fingerprint density at radius 3 is 2.50 bits per heavy atom. The summed E-state index contributed by atoms with van der Waals surface area (Å²) in [5.41, 5.74) is 2.80. The highest BCUT2D eigenvalue weighted by atomic mass is 16.3. The number of aromatic hydroxyl groups is 1. The first-order chi connectivity index (χ1) is 9.67. The average molecular weight is 270 g/mol. The van der Waals surface area contributed by atoms with Crippen molar-refractivity contribution in [2.75, 3.05) is 10.6 Å². The van der Waals surface area contributed by atoms with E-state index in [4.69, 9.17) is 0 Å². The minimum Gasteiger partial charge on any atom is -0.508 e. The number of carbonyl (C=O) groups excluding carboxylic acids is 1. The van der Waals surface area contributed by atoms with Gasteiger partial charge in [-0.15, -0.1) is 0 Å². The molecule has 0 aromatic heterocycles. The lowest BCUT2D eigenvalue weighted by molar-refractivity contribution is -0.115. The van der Waals surface area contributed by atoms with Gasteiger partial charge in [-0.05, 0) is 35.9 Å². The molecule has 0 aliphatic carbocycles. The summed E-state index contributed by atoms with van der Waals surface area (Å²) < 4.78 is 0. The molecule has 0 saturated heterocycles. The van der Waals surface area contributed by atoms with Crippen LogP contribution in [0.5, 0.6) is 5.75 Å². The van der Waals surface area contributed by atoms with Gasteiger partial charge in [0, 0.05) is 24.3 Å². The molecule has 0 bridgehead atoms. The quantitative estimate of drug-likeness (QED) is 0.780. The predicted octanol–water partition coefficient (Wildman–Crippen LogP) is 3.35. The Kier molecular flexibility index (Phi) is 4.60. The molecule has 2 rings (SSSR count). The number of hydrogen-bond acceptors (Lipinski definition) is 3. The predicted molar refractivity (Wildman–Crippen MR) is 80.8 cm³/mol. The molecule has 3 N–H and O–H groups in total. The minimum atomic E-state index is 0.000634. The third-order valence-corrected chi connectivity index (χ3v) is 2.90. The van der Waals surface area contributed by atoms with Crippen LogP contribution in [0.1, 0.15) is 18.9 Å². The Bertz CT molecular complexity index is 579. The Morgan fingerprint density at radius 1 is 1.10 bits per heavy atom. The smallest absolute Gasteiger partial charge is 0.224 e. The van der Waals surface area contributed by atoms with Gasteiger partial charge in [-0.2, -0.15) is 0 Å². The van der Waals surface area contributed by atoms with E-state index >= 15 is 0 Å². The van der Waals surface area contributed by atoms with Crippen molar-refractivity contribution in [1.82, 2.24) is 0 Å². The van der Waals surface area contributed by atoms with Crippen LogP contribution in [0.15, 0.2) is 48.5 Å². The molecule has 0 saturated carbocycles. The molecule has 0 aliphatic heterocycles. The van der Waals surface area contributed by atoms with Gasteiger partial charge in [-0.25, -0.2) is 0 Å². The highest BCUT2D eigenvalue weighted by molar-refractivity contribution is 5.90. The van der Waals surface area contributed by atoms with E-state index in [-0.39, 0.29) is 11.7 Å². The molecule has 4 heteroatoms. The van der Waals surface area contributed by atoms with Crippen LogP contribution in [-0.4, -0.2) is 11.0 Å². The summed E-state index contributed by atoms with van der Waals surface area (Å²) >= 11 is 0. The van der Waals surface area contributed by atoms with Crippen LogP contribution in [0.2, 0.25) is 0 Å². The minimum absolute atomic E-state index is 0.000634. The van der Waals surface area contributed by atoms with Crippen molar-refractivity contribution in [3.05, 3.63) is 54.1 Å². The van der Waals surface area contributed by atoms with Crippen molar-refractivity contribution >= 4 is 17.3 Å². The van der Waals surface area contributed by atoms with Gasteiger partial charge in [0.1, 0.15) is 5.75 Å². The van der Waals surface area contributed by atoms with E-state index in [1.54, 1.807) is 12.1 Å². The second-order valence-corrected chi connectivity index (χ2v) is 4.50. The number of anilines is 2. The summed E-state index contributed by atoms with van der Waals surface area (Å²) in [4.78, 5) is 11.3. The number of benzene rings is 2. The fourth-order valence-corrected chi connectivity index (χ4v) is 1.77. The molecule has 0 aliphatic rings. The fourth-order valence-electron chi connectivity index (χ4n) is 1.77. The van der Waals surface area contributed by atoms with Crippen LogP contribution in [-0.2, 0) is 11.3 Å². The Morgan fingerprint density at radius 2 is 1.80 bits per heavy atom. The van der Waals surface area contributed by atoms with E-state index in [2.05, 4.69) is 10.6 Å². The number of phenols is 1. The molecule has 4 nitrogen and oxygen atoms in total. The lowest BCUT2D eigenvalue weighted by Crippen LogP contribution is -2.09. The van der Waals surface area contributed by atoms with E-state index in [1.165, 1.54) is 0 Å². The van der Waals surface area contributed by atoms with Gasteiger partial charge in [-0.3, -0.25) is 4.79 Å². The molecule has 20 heavy (non-hydrogen) atoms. The molecule has 0 unspecified atom stereocenters.